The van der Waals surface area contributed by atoms with Crippen molar-refractivity contribution >= 4 is 45.1 Å². The zero-order valence-electron chi connectivity index (χ0n) is 27.0. The Morgan fingerprint density at radius 2 is 1.84 bits per heavy atom. The molecule has 1 atom stereocenters. The number of aromatic nitrogens is 3. The second-order valence-corrected chi connectivity index (χ2v) is 12.8. The number of aryl methyl sites for hydroxylation is 1. The zero-order chi connectivity index (χ0) is 33.9. The van der Waals surface area contributed by atoms with E-state index in [1.54, 1.807) is 36.8 Å². The van der Waals surface area contributed by atoms with E-state index in [9.17, 15) is 14.4 Å². The van der Waals surface area contributed by atoms with Gasteiger partial charge in [-0.15, -0.1) is 11.3 Å². The smallest absolute Gasteiger partial charge is 0.255 e. The second-order valence-electron chi connectivity index (χ2n) is 11.8. The predicted octanol–water partition coefficient (Wildman–Crippen LogP) is 5.01. The number of imide groups is 1. The van der Waals surface area contributed by atoms with E-state index in [0.717, 1.165) is 54.7 Å². The van der Waals surface area contributed by atoms with Crippen molar-refractivity contribution in [1.29, 1.82) is 0 Å². The predicted molar refractivity (Wildman–Crippen MR) is 185 cm³/mol. The molecule has 2 N–H and O–H groups in total. The van der Waals surface area contributed by atoms with Gasteiger partial charge in [0.15, 0.2) is 0 Å². The van der Waals surface area contributed by atoms with E-state index in [1.165, 1.54) is 4.90 Å². The summed E-state index contributed by atoms with van der Waals surface area (Å²) in [5, 5.41) is 6.51. The van der Waals surface area contributed by atoms with Crippen LogP contribution in [0.25, 0.3) is 32.0 Å². The van der Waals surface area contributed by atoms with Crippen LogP contribution in [-0.4, -0.2) is 77.1 Å². The summed E-state index contributed by atoms with van der Waals surface area (Å²) in [5.74, 6) is 1.24. The van der Waals surface area contributed by atoms with Crippen LogP contribution < -0.4 is 20.1 Å². The Balaban J connectivity index is 0.844. The number of hydrogen-bond acceptors (Lipinski definition) is 11. The number of nitrogens with zero attached hydrogens (tertiary/aromatic N) is 4. The molecule has 3 amide bonds. The van der Waals surface area contributed by atoms with Crippen LogP contribution in [0.15, 0.2) is 67.0 Å². The molecule has 0 radical (unpaired) electrons. The Morgan fingerprint density at radius 3 is 2.63 bits per heavy atom. The lowest BCUT2D eigenvalue weighted by atomic mass is 10.0. The minimum atomic E-state index is -0.640. The maximum Gasteiger partial charge on any atom is 0.255 e. The standard InChI is InChI=1S/C36H34N6O6S/c1-21-15-29(38-19-27(21)35-40-28-7-5-24(46-2)17-31(28)49-35)22-3-9-32(39-18-22)37-11-12-47-13-14-48-25-4-6-26-23(16-25)20-42(36(26)45)30-8-10-33(43)41-34(30)44/h3-7,9,15-19,30H,8,10-14,20H2,1-2H3,(H,37,39)(H,41,43,44). The van der Waals surface area contributed by atoms with Crippen LogP contribution in [0.3, 0.4) is 0 Å². The van der Waals surface area contributed by atoms with Crippen molar-refractivity contribution < 1.29 is 28.6 Å². The summed E-state index contributed by atoms with van der Waals surface area (Å²) < 4.78 is 18.0. The first-order valence-electron chi connectivity index (χ1n) is 16.0. The van der Waals surface area contributed by atoms with Gasteiger partial charge in [0.2, 0.25) is 11.8 Å². The molecule has 1 unspecified atom stereocenters. The van der Waals surface area contributed by atoms with Gasteiger partial charge < -0.3 is 24.4 Å². The summed E-state index contributed by atoms with van der Waals surface area (Å²) in [6.45, 7) is 4.14. The summed E-state index contributed by atoms with van der Waals surface area (Å²) >= 11 is 1.62. The largest absolute Gasteiger partial charge is 0.497 e. The normalized spacial score (nSPS) is 15.8. The first-order chi connectivity index (χ1) is 23.9. The number of ether oxygens (including phenoxy) is 3. The molecular formula is C36H34N6O6S. The van der Waals surface area contributed by atoms with Crippen LogP contribution in [0.5, 0.6) is 11.5 Å². The Labute approximate surface area is 286 Å². The van der Waals surface area contributed by atoms with E-state index in [4.69, 9.17) is 24.2 Å². The number of amides is 3. The highest BCUT2D eigenvalue weighted by molar-refractivity contribution is 7.21. The fraction of sp³-hybridized carbons (Fsp3) is 0.278. The molecule has 0 spiro atoms. The second kappa shape index (κ2) is 14.0. The number of pyridine rings is 2. The first-order valence-corrected chi connectivity index (χ1v) is 16.8. The number of nitrogens with one attached hydrogen (secondary N) is 2. The molecule has 7 rings (SSSR count). The SMILES string of the molecule is COc1ccc2nc(-c3cnc(-c4ccc(NCCOCCOc5ccc6c(c5)CN(C5CCC(=O)NC5=O)C6=O)nc4)cc3C)sc2c1. The lowest BCUT2D eigenvalue weighted by Crippen LogP contribution is -2.52. The monoisotopic (exact) mass is 678 g/mol. The van der Waals surface area contributed by atoms with Crippen LogP contribution in [0.2, 0.25) is 0 Å². The van der Waals surface area contributed by atoms with Crippen molar-refractivity contribution in [2.45, 2.75) is 32.4 Å². The van der Waals surface area contributed by atoms with E-state index < -0.39 is 11.9 Å². The third-order valence-corrected chi connectivity index (χ3v) is 9.59. The van der Waals surface area contributed by atoms with Gasteiger partial charge in [-0.2, -0.15) is 0 Å². The highest BCUT2D eigenvalue weighted by Crippen LogP contribution is 2.35. The van der Waals surface area contributed by atoms with E-state index >= 15 is 0 Å². The summed E-state index contributed by atoms with van der Waals surface area (Å²) in [4.78, 5) is 52.2. The molecule has 49 heavy (non-hydrogen) atoms. The van der Waals surface area contributed by atoms with E-state index in [1.807, 2.05) is 42.6 Å². The lowest BCUT2D eigenvalue weighted by Gasteiger charge is -2.29. The van der Waals surface area contributed by atoms with E-state index in [0.29, 0.717) is 50.6 Å². The molecule has 5 heterocycles. The van der Waals surface area contributed by atoms with Crippen molar-refractivity contribution in [3.05, 3.63) is 83.7 Å². The summed E-state index contributed by atoms with van der Waals surface area (Å²) in [6.07, 6.45) is 4.23. The number of methoxy groups -OCH3 is 1. The zero-order valence-corrected chi connectivity index (χ0v) is 27.8. The van der Waals surface area contributed by atoms with Crippen molar-refractivity contribution in [3.63, 3.8) is 0 Å². The summed E-state index contributed by atoms with van der Waals surface area (Å²) in [5.41, 5.74) is 6.13. The number of piperidine rings is 1. The molecule has 5 aromatic rings. The highest BCUT2D eigenvalue weighted by Gasteiger charge is 2.39. The van der Waals surface area contributed by atoms with Gasteiger partial charge >= 0.3 is 0 Å². The van der Waals surface area contributed by atoms with Gasteiger partial charge in [0.1, 0.15) is 35.0 Å². The third-order valence-electron chi connectivity index (χ3n) is 8.54. The Morgan fingerprint density at radius 1 is 0.959 bits per heavy atom. The van der Waals surface area contributed by atoms with Gasteiger partial charge in [0, 0.05) is 48.6 Å². The minimum absolute atomic E-state index is 0.208. The van der Waals surface area contributed by atoms with Gasteiger partial charge in [-0.05, 0) is 79.1 Å². The van der Waals surface area contributed by atoms with Gasteiger partial charge in [0.25, 0.3) is 5.91 Å². The number of benzene rings is 2. The molecule has 0 bridgehead atoms. The molecule has 2 aromatic carbocycles. The number of carbonyl (C=O) groups excluding carboxylic acids is 3. The number of hydrogen-bond donors (Lipinski definition) is 2. The maximum atomic E-state index is 12.9. The van der Waals surface area contributed by atoms with Crippen molar-refractivity contribution in [3.8, 4) is 33.3 Å². The minimum Gasteiger partial charge on any atom is -0.497 e. The highest BCUT2D eigenvalue weighted by atomic mass is 32.1. The Bertz CT molecular complexity index is 2050. The fourth-order valence-corrected chi connectivity index (χ4v) is 7.02. The van der Waals surface area contributed by atoms with Crippen LogP contribution in [-0.2, 0) is 20.9 Å². The van der Waals surface area contributed by atoms with E-state index in [2.05, 4.69) is 28.6 Å². The number of fused-ring (bicyclic) bond motifs is 2. The molecule has 0 aliphatic carbocycles. The Hall–Kier alpha value is -5.40. The first kappa shape index (κ1) is 32.2. The lowest BCUT2D eigenvalue weighted by molar-refractivity contribution is -0.136. The van der Waals surface area contributed by atoms with Crippen LogP contribution in [0, 0.1) is 6.92 Å². The quantitative estimate of drug-likeness (QED) is 0.137. The maximum absolute atomic E-state index is 12.9. The molecular weight excluding hydrogens is 644 g/mol. The topological polar surface area (TPSA) is 145 Å². The van der Waals surface area contributed by atoms with Crippen LogP contribution >= 0.6 is 11.3 Å². The molecule has 1 fully saturated rings. The van der Waals surface area contributed by atoms with Crippen LogP contribution in [0.1, 0.15) is 34.3 Å². The number of carbonyl (C=O) groups is 3. The molecule has 13 heteroatoms. The number of thiazole rings is 1. The van der Waals surface area contributed by atoms with Gasteiger partial charge in [-0.3, -0.25) is 24.7 Å². The van der Waals surface area contributed by atoms with Crippen molar-refractivity contribution in [2.24, 2.45) is 0 Å². The summed E-state index contributed by atoms with van der Waals surface area (Å²) in [6, 6.07) is 16.5. The van der Waals surface area contributed by atoms with Crippen molar-refractivity contribution in [1.82, 2.24) is 25.2 Å². The Kier molecular flexibility index (Phi) is 9.18. The van der Waals surface area contributed by atoms with Crippen LogP contribution in [0.4, 0.5) is 5.82 Å². The average molecular weight is 679 g/mol. The average Bonchev–Trinajstić information content (AvgIpc) is 3.68. The molecule has 2 aliphatic heterocycles. The third kappa shape index (κ3) is 6.94. The molecule has 0 saturated carbocycles. The van der Waals surface area contributed by atoms with E-state index in [-0.39, 0.29) is 18.2 Å². The number of anilines is 1. The molecule has 3 aromatic heterocycles. The van der Waals surface area contributed by atoms with Crippen molar-refractivity contribution in [2.75, 3.05) is 38.8 Å². The van der Waals surface area contributed by atoms with Gasteiger partial charge in [0.05, 0.1) is 36.2 Å². The fourth-order valence-electron chi connectivity index (χ4n) is 5.95. The summed E-state index contributed by atoms with van der Waals surface area (Å²) in [7, 11) is 1.66. The van der Waals surface area contributed by atoms with Gasteiger partial charge in [-0.1, -0.05) is 0 Å². The van der Waals surface area contributed by atoms with Gasteiger partial charge in [-0.25, -0.2) is 9.97 Å². The molecule has 250 valence electrons. The molecule has 12 nitrogen and oxygen atoms in total. The number of rotatable bonds is 12. The molecule has 2 aliphatic rings. The molecule has 1 saturated heterocycles.